The summed E-state index contributed by atoms with van der Waals surface area (Å²) >= 11 is 0. The third kappa shape index (κ3) is 3.92. The first kappa shape index (κ1) is 21.4. The number of nitro groups is 1. The Hall–Kier alpha value is -1.79. The van der Waals surface area contributed by atoms with Gasteiger partial charge < -0.3 is 9.64 Å². The monoisotopic (exact) mass is 444 g/mol. The minimum absolute atomic E-state index is 0.0523. The van der Waals surface area contributed by atoms with Gasteiger partial charge in [0.05, 0.1) is 28.7 Å². The van der Waals surface area contributed by atoms with E-state index in [9.17, 15) is 28.1 Å². The molecular formula is C18H28N4O7S. The summed E-state index contributed by atoms with van der Waals surface area (Å²) in [6.07, 6.45) is 1.54. The number of hydrogen-bond acceptors (Lipinski definition) is 7. The summed E-state index contributed by atoms with van der Waals surface area (Å²) in [4.78, 5) is 38.9. The van der Waals surface area contributed by atoms with Gasteiger partial charge in [-0.1, -0.05) is 0 Å². The Bertz CT molecular complexity index is 859. The Kier molecular flexibility index (Phi) is 5.30. The van der Waals surface area contributed by atoms with Crippen molar-refractivity contribution >= 4 is 22.0 Å². The van der Waals surface area contributed by atoms with Crippen molar-refractivity contribution in [3.05, 3.63) is 10.1 Å². The highest BCUT2D eigenvalue weighted by molar-refractivity contribution is 7.90. The van der Waals surface area contributed by atoms with E-state index in [-0.39, 0.29) is 31.0 Å². The molecule has 5 unspecified atom stereocenters. The third-order valence-corrected chi connectivity index (χ3v) is 9.00. The number of nitrogens with zero attached hydrogens (tertiary/aromatic N) is 3. The van der Waals surface area contributed by atoms with E-state index >= 15 is 0 Å². The van der Waals surface area contributed by atoms with E-state index in [1.54, 1.807) is 7.05 Å². The summed E-state index contributed by atoms with van der Waals surface area (Å²) in [7, 11) is -1.95. The van der Waals surface area contributed by atoms with Gasteiger partial charge in [-0.3, -0.25) is 19.8 Å². The molecule has 5 atom stereocenters. The molecule has 3 amide bonds. The molecule has 2 aliphatic heterocycles. The SMILES string of the molecule is CN1C(=O)N(CC2CCC([N+](=O)[O-])O2)C(=O)C2CC(S(=O)(=O)NC3(C)CC3)CCC21. The average Bonchev–Trinajstić information content (AvgIpc) is 3.21. The first-order chi connectivity index (χ1) is 14.0. The normalized spacial score (nSPS) is 36.0. The fraction of sp³-hybridized carbons (Fsp3) is 0.889. The Morgan fingerprint density at radius 1 is 1.23 bits per heavy atom. The zero-order valence-electron chi connectivity index (χ0n) is 17.2. The molecule has 2 saturated carbocycles. The highest BCUT2D eigenvalue weighted by Gasteiger charge is 2.52. The molecule has 0 radical (unpaired) electrons. The van der Waals surface area contributed by atoms with E-state index in [0.717, 1.165) is 17.7 Å². The zero-order chi connectivity index (χ0) is 21.8. The van der Waals surface area contributed by atoms with Gasteiger partial charge in [0.1, 0.15) is 0 Å². The fourth-order valence-electron chi connectivity index (χ4n) is 4.82. The molecule has 12 heteroatoms. The number of carbonyl (C=O) groups excluding carboxylic acids is 2. The molecule has 0 aromatic heterocycles. The highest BCUT2D eigenvalue weighted by atomic mass is 32.2. The Morgan fingerprint density at radius 3 is 2.53 bits per heavy atom. The van der Waals surface area contributed by atoms with Gasteiger partial charge in [-0.15, -0.1) is 0 Å². The number of carbonyl (C=O) groups is 2. The van der Waals surface area contributed by atoms with Gasteiger partial charge >= 0.3 is 12.3 Å². The molecule has 0 bridgehead atoms. The molecule has 4 rings (SSSR count). The summed E-state index contributed by atoms with van der Waals surface area (Å²) in [6, 6.07) is -0.792. The smallest absolute Gasteiger partial charge is 0.324 e. The summed E-state index contributed by atoms with van der Waals surface area (Å²) < 4.78 is 33.8. The van der Waals surface area contributed by atoms with Crippen LogP contribution in [0.25, 0.3) is 0 Å². The van der Waals surface area contributed by atoms with Crippen LogP contribution in [0.4, 0.5) is 4.79 Å². The number of amides is 3. The van der Waals surface area contributed by atoms with Crippen LogP contribution < -0.4 is 4.72 Å². The van der Waals surface area contributed by atoms with Crippen LogP contribution in [0.15, 0.2) is 0 Å². The lowest BCUT2D eigenvalue weighted by Gasteiger charge is -2.47. The van der Waals surface area contributed by atoms with Crippen LogP contribution in [0.1, 0.15) is 51.9 Å². The molecule has 1 N–H and O–H groups in total. The topological polar surface area (TPSA) is 139 Å². The molecular weight excluding hydrogens is 416 g/mol. The van der Waals surface area contributed by atoms with E-state index in [1.165, 1.54) is 4.90 Å². The molecule has 4 fully saturated rings. The summed E-state index contributed by atoms with van der Waals surface area (Å²) in [5, 5.41) is 10.2. The predicted molar refractivity (Wildman–Crippen MR) is 104 cm³/mol. The highest BCUT2D eigenvalue weighted by Crippen LogP contribution is 2.40. The number of hydrogen-bond donors (Lipinski definition) is 1. The van der Waals surface area contributed by atoms with E-state index in [0.29, 0.717) is 19.3 Å². The second-order valence-corrected chi connectivity index (χ2v) is 11.2. The quantitative estimate of drug-likeness (QED) is 0.469. The molecule has 168 valence electrons. The van der Waals surface area contributed by atoms with Crippen LogP contribution in [0.3, 0.4) is 0 Å². The predicted octanol–water partition coefficient (Wildman–Crippen LogP) is 0.671. The number of imide groups is 1. The van der Waals surface area contributed by atoms with Crippen LogP contribution in [-0.4, -0.2) is 77.8 Å². The minimum atomic E-state index is -3.56. The second kappa shape index (κ2) is 7.41. The van der Waals surface area contributed by atoms with Crippen LogP contribution in [0, 0.1) is 16.0 Å². The lowest BCUT2D eigenvalue weighted by atomic mass is 9.81. The number of rotatable bonds is 6. The van der Waals surface area contributed by atoms with Gasteiger partial charge in [0.2, 0.25) is 15.9 Å². The zero-order valence-corrected chi connectivity index (χ0v) is 18.0. The standard InChI is InChI=1S/C18H28N4O7S/c1-18(7-8-18)19-30(27,28)12-4-5-14-13(9-12)16(23)21(17(24)20(14)2)10-11-3-6-15(29-11)22(25)26/h11-15,19H,3-10H2,1-2H3. The lowest BCUT2D eigenvalue weighted by Crippen LogP contribution is -2.63. The van der Waals surface area contributed by atoms with Crippen molar-refractivity contribution in [1.82, 2.24) is 14.5 Å². The van der Waals surface area contributed by atoms with E-state index in [4.69, 9.17) is 4.74 Å². The molecule has 0 aromatic rings. The van der Waals surface area contributed by atoms with Crippen molar-refractivity contribution in [3.8, 4) is 0 Å². The summed E-state index contributed by atoms with van der Waals surface area (Å²) in [5.74, 6) is -1.02. The molecule has 4 aliphatic rings. The summed E-state index contributed by atoms with van der Waals surface area (Å²) in [5.41, 5.74) is -0.377. The van der Waals surface area contributed by atoms with Crippen LogP contribution in [-0.2, 0) is 19.6 Å². The minimum Gasteiger partial charge on any atom is -0.324 e. The van der Waals surface area contributed by atoms with Crippen molar-refractivity contribution < 1.29 is 27.7 Å². The maximum absolute atomic E-state index is 13.2. The molecule has 0 spiro atoms. The maximum Gasteiger partial charge on any atom is 0.326 e. The van der Waals surface area contributed by atoms with Gasteiger partial charge in [0.15, 0.2) is 0 Å². The number of urea groups is 1. The van der Waals surface area contributed by atoms with Crippen molar-refractivity contribution in [2.45, 2.75) is 81.0 Å². The average molecular weight is 445 g/mol. The number of fused-ring (bicyclic) bond motifs is 1. The molecule has 2 heterocycles. The largest absolute Gasteiger partial charge is 0.326 e. The molecule has 0 aromatic carbocycles. The lowest BCUT2D eigenvalue weighted by molar-refractivity contribution is -0.571. The van der Waals surface area contributed by atoms with Crippen LogP contribution in [0.5, 0.6) is 0 Å². The number of nitrogens with one attached hydrogen (secondary N) is 1. The molecule has 30 heavy (non-hydrogen) atoms. The number of ether oxygens (including phenoxy) is 1. The van der Waals surface area contributed by atoms with Crippen molar-refractivity contribution in [1.29, 1.82) is 0 Å². The van der Waals surface area contributed by atoms with Gasteiger partial charge in [-0.05, 0) is 45.4 Å². The fourth-order valence-corrected chi connectivity index (χ4v) is 6.78. The van der Waals surface area contributed by atoms with Gasteiger partial charge in [-0.2, -0.15) is 0 Å². The maximum atomic E-state index is 13.2. The first-order valence-electron chi connectivity index (χ1n) is 10.4. The second-order valence-electron chi connectivity index (χ2n) is 9.23. The van der Waals surface area contributed by atoms with E-state index in [2.05, 4.69) is 4.72 Å². The van der Waals surface area contributed by atoms with Crippen molar-refractivity contribution in [3.63, 3.8) is 0 Å². The Balaban J connectivity index is 1.46. The third-order valence-electron chi connectivity index (χ3n) is 6.91. The van der Waals surface area contributed by atoms with Crippen molar-refractivity contribution in [2.75, 3.05) is 13.6 Å². The van der Waals surface area contributed by atoms with Crippen molar-refractivity contribution in [2.24, 2.45) is 5.92 Å². The van der Waals surface area contributed by atoms with E-state index < -0.39 is 50.4 Å². The Morgan fingerprint density at radius 2 is 1.93 bits per heavy atom. The van der Waals surface area contributed by atoms with Crippen LogP contribution in [0.2, 0.25) is 0 Å². The molecule has 2 aliphatic carbocycles. The van der Waals surface area contributed by atoms with Gasteiger partial charge in [0.25, 0.3) is 0 Å². The van der Waals surface area contributed by atoms with Gasteiger partial charge in [0, 0.05) is 25.0 Å². The first-order valence-corrected chi connectivity index (χ1v) is 12.0. The Labute approximate surface area is 175 Å². The van der Waals surface area contributed by atoms with Crippen LogP contribution >= 0.6 is 0 Å². The number of sulfonamides is 1. The molecule has 11 nitrogen and oxygen atoms in total. The molecule has 2 saturated heterocycles. The van der Waals surface area contributed by atoms with E-state index in [1.807, 2.05) is 6.92 Å². The summed E-state index contributed by atoms with van der Waals surface area (Å²) in [6.45, 7) is 1.82. The van der Waals surface area contributed by atoms with Gasteiger partial charge in [-0.25, -0.2) is 17.9 Å².